The molecule has 0 saturated heterocycles. The fourth-order valence-corrected chi connectivity index (χ4v) is 2.88. The molecular weight excluding hydrogens is 432 g/mol. The molecule has 1 aromatic heterocycles. The molecule has 3 rings (SSSR count). The van der Waals surface area contributed by atoms with Crippen molar-refractivity contribution in [3.63, 3.8) is 0 Å². The zero-order valence-corrected chi connectivity index (χ0v) is 16.7. The molecule has 2 aromatic carbocycles. The van der Waals surface area contributed by atoms with Crippen molar-refractivity contribution in [3.05, 3.63) is 74.1 Å². The molecule has 11 heteroatoms. The van der Waals surface area contributed by atoms with Gasteiger partial charge in [0.15, 0.2) is 11.5 Å². The van der Waals surface area contributed by atoms with Crippen LogP contribution in [0.1, 0.15) is 11.1 Å². The van der Waals surface area contributed by atoms with Crippen LogP contribution in [0.25, 0.3) is 17.0 Å². The van der Waals surface area contributed by atoms with Gasteiger partial charge in [-0.1, -0.05) is 0 Å². The van der Waals surface area contributed by atoms with Crippen molar-refractivity contribution in [2.45, 2.75) is 13.5 Å². The average molecular weight is 447 g/mol. The van der Waals surface area contributed by atoms with Crippen molar-refractivity contribution < 1.29 is 37.1 Å². The summed E-state index contributed by atoms with van der Waals surface area (Å²) in [5.41, 5.74) is -0.341. The number of carbonyl (C=O) groups excluding carboxylic acids is 1. The standard InChI is InChI=1S/C21H15F2NO8/c1-11-7-20(26)31-16-9-13(4-5-14(11)16)30-19(25)6-3-12-8-17(29-2)18(32-21(22)23)10-15(12)24(27)28/h3-10,21H,1-2H3/b6-3+. The normalized spacial score (nSPS) is 11.2. The molecule has 3 aromatic rings. The van der Waals surface area contributed by atoms with E-state index in [0.717, 1.165) is 24.3 Å². The summed E-state index contributed by atoms with van der Waals surface area (Å²) in [6.07, 6.45) is 1.98. The van der Waals surface area contributed by atoms with Crippen molar-refractivity contribution in [3.8, 4) is 17.2 Å². The summed E-state index contributed by atoms with van der Waals surface area (Å²) in [6, 6.07) is 7.63. The molecule has 0 spiro atoms. The van der Waals surface area contributed by atoms with Crippen LogP contribution in [0.15, 0.2) is 51.7 Å². The van der Waals surface area contributed by atoms with E-state index in [-0.39, 0.29) is 22.6 Å². The Kier molecular flexibility index (Phi) is 6.47. The largest absolute Gasteiger partial charge is 0.493 e. The quantitative estimate of drug-likeness (QED) is 0.132. The van der Waals surface area contributed by atoms with Gasteiger partial charge in [0.25, 0.3) is 5.69 Å². The zero-order chi connectivity index (χ0) is 23.4. The maximum atomic E-state index is 12.5. The van der Waals surface area contributed by atoms with Crippen molar-refractivity contribution in [2.75, 3.05) is 7.11 Å². The number of nitro groups is 1. The molecule has 1 heterocycles. The molecule has 0 saturated carbocycles. The number of methoxy groups -OCH3 is 1. The lowest BCUT2D eigenvalue weighted by molar-refractivity contribution is -0.385. The Labute approximate surface area is 178 Å². The van der Waals surface area contributed by atoms with E-state index in [4.69, 9.17) is 13.9 Å². The highest BCUT2D eigenvalue weighted by atomic mass is 19.3. The molecule has 0 radical (unpaired) electrons. The highest BCUT2D eigenvalue weighted by Gasteiger charge is 2.20. The molecule has 32 heavy (non-hydrogen) atoms. The summed E-state index contributed by atoms with van der Waals surface area (Å²) in [5, 5.41) is 12.0. The van der Waals surface area contributed by atoms with E-state index in [1.165, 1.54) is 25.3 Å². The van der Waals surface area contributed by atoms with E-state index in [1.807, 2.05) is 0 Å². The van der Waals surface area contributed by atoms with E-state index in [0.29, 0.717) is 10.9 Å². The molecule has 166 valence electrons. The Morgan fingerprint density at radius 1 is 1.19 bits per heavy atom. The van der Waals surface area contributed by atoms with E-state index in [2.05, 4.69) is 4.74 Å². The summed E-state index contributed by atoms with van der Waals surface area (Å²) >= 11 is 0. The van der Waals surface area contributed by atoms with E-state index in [9.17, 15) is 28.5 Å². The summed E-state index contributed by atoms with van der Waals surface area (Å²) in [6.45, 7) is -1.48. The van der Waals surface area contributed by atoms with Crippen LogP contribution in [0, 0.1) is 17.0 Å². The SMILES string of the molecule is COc1cc(/C=C/C(=O)Oc2ccc3c(C)cc(=O)oc3c2)c([N+](=O)[O-])cc1OC(F)F. The van der Waals surface area contributed by atoms with Crippen molar-refractivity contribution in [1.29, 1.82) is 0 Å². The lowest BCUT2D eigenvalue weighted by atomic mass is 10.1. The molecule has 9 nitrogen and oxygen atoms in total. The lowest BCUT2D eigenvalue weighted by Gasteiger charge is -2.10. The smallest absolute Gasteiger partial charge is 0.387 e. The highest BCUT2D eigenvalue weighted by Crippen LogP contribution is 2.36. The van der Waals surface area contributed by atoms with Crippen LogP contribution in [0.2, 0.25) is 0 Å². The van der Waals surface area contributed by atoms with Crippen LogP contribution in [-0.4, -0.2) is 24.6 Å². The van der Waals surface area contributed by atoms with Crippen molar-refractivity contribution >= 4 is 28.7 Å². The van der Waals surface area contributed by atoms with Crippen molar-refractivity contribution in [1.82, 2.24) is 0 Å². The van der Waals surface area contributed by atoms with Gasteiger partial charge in [0.05, 0.1) is 23.7 Å². The summed E-state index contributed by atoms with van der Waals surface area (Å²) in [7, 11) is 1.17. The van der Waals surface area contributed by atoms with Crippen LogP contribution in [-0.2, 0) is 4.79 Å². The fraction of sp³-hybridized carbons (Fsp3) is 0.143. The Morgan fingerprint density at radius 2 is 1.94 bits per heavy atom. The molecule has 0 aliphatic rings. The first-order valence-corrected chi connectivity index (χ1v) is 8.93. The van der Waals surface area contributed by atoms with Gasteiger partial charge in [0.2, 0.25) is 0 Å². The molecule has 0 amide bonds. The van der Waals surface area contributed by atoms with Crippen LogP contribution >= 0.6 is 0 Å². The minimum absolute atomic E-state index is 0.0775. The van der Waals surface area contributed by atoms with Gasteiger partial charge in [-0.3, -0.25) is 10.1 Å². The number of alkyl halides is 2. The van der Waals surface area contributed by atoms with Gasteiger partial charge in [0.1, 0.15) is 11.3 Å². The summed E-state index contributed by atoms with van der Waals surface area (Å²) in [4.78, 5) is 34.2. The Bertz CT molecular complexity index is 1280. The minimum Gasteiger partial charge on any atom is -0.493 e. The number of nitrogens with zero attached hydrogens (tertiary/aromatic N) is 1. The molecule has 0 bridgehead atoms. The number of nitro benzene ring substituents is 1. The minimum atomic E-state index is -3.21. The third-order valence-corrected chi connectivity index (χ3v) is 4.27. The molecular formula is C21H15F2NO8. The average Bonchev–Trinajstić information content (AvgIpc) is 2.71. The predicted molar refractivity (Wildman–Crippen MR) is 108 cm³/mol. The zero-order valence-electron chi connectivity index (χ0n) is 16.7. The first-order chi connectivity index (χ1) is 15.2. The number of halogens is 2. The number of hydrogen-bond acceptors (Lipinski definition) is 8. The fourth-order valence-electron chi connectivity index (χ4n) is 2.88. The number of esters is 1. The number of rotatable bonds is 7. The molecule has 0 fully saturated rings. The molecule has 0 unspecified atom stereocenters. The van der Waals surface area contributed by atoms with E-state index in [1.54, 1.807) is 13.0 Å². The highest BCUT2D eigenvalue weighted by molar-refractivity contribution is 5.90. The second-order valence-electron chi connectivity index (χ2n) is 6.36. The molecule has 0 atom stereocenters. The third-order valence-electron chi connectivity index (χ3n) is 4.27. The number of carbonyl (C=O) groups is 1. The van der Waals surface area contributed by atoms with E-state index >= 15 is 0 Å². The van der Waals surface area contributed by atoms with E-state index < -0.39 is 34.6 Å². The molecule has 0 aliphatic carbocycles. The van der Waals surface area contributed by atoms with Gasteiger partial charge in [0, 0.05) is 23.6 Å². The van der Waals surface area contributed by atoms with Crippen LogP contribution in [0.3, 0.4) is 0 Å². The van der Waals surface area contributed by atoms with Gasteiger partial charge < -0.3 is 18.6 Å². The summed E-state index contributed by atoms with van der Waals surface area (Å²) in [5.74, 6) is -1.53. The second kappa shape index (κ2) is 9.25. The Balaban J connectivity index is 1.86. The predicted octanol–water partition coefficient (Wildman–Crippen LogP) is 4.24. The maximum Gasteiger partial charge on any atom is 0.387 e. The third kappa shape index (κ3) is 5.06. The number of aryl methyl sites for hydroxylation is 1. The Hall–Kier alpha value is -4.28. The van der Waals surface area contributed by atoms with Crippen molar-refractivity contribution in [2.24, 2.45) is 0 Å². The number of benzene rings is 2. The topological polar surface area (TPSA) is 118 Å². The van der Waals surface area contributed by atoms with Gasteiger partial charge in [-0.15, -0.1) is 0 Å². The van der Waals surface area contributed by atoms with Gasteiger partial charge in [-0.05, 0) is 36.8 Å². The number of fused-ring (bicyclic) bond motifs is 1. The van der Waals surface area contributed by atoms with Crippen LogP contribution in [0.4, 0.5) is 14.5 Å². The first-order valence-electron chi connectivity index (χ1n) is 8.93. The lowest BCUT2D eigenvalue weighted by Crippen LogP contribution is -2.06. The monoisotopic (exact) mass is 447 g/mol. The van der Waals surface area contributed by atoms with Crippen LogP contribution in [0.5, 0.6) is 17.2 Å². The molecule has 0 N–H and O–H groups in total. The van der Waals surface area contributed by atoms with Gasteiger partial charge in [-0.2, -0.15) is 8.78 Å². The molecule has 0 aliphatic heterocycles. The second-order valence-corrected chi connectivity index (χ2v) is 6.36. The number of ether oxygens (including phenoxy) is 3. The number of hydrogen-bond donors (Lipinski definition) is 0. The van der Waals surface area contributed by atoms with Gasteiger partial charge in [-0.25, -0.2) is 9.59 Å². The van der Waals surface area contributed by atoms with Gasteiger partial charge >= 0.3 is 18.2 Å². The Morgan fingerprint density at radius 3 is 2.59 bits per heavy atom. The first kappa shape index (κ1) is 22.4. The maximum absolute atomic E-state index is 12.5. The van der Waals surface area contributed by atoms with Crippen LogP contribution < -0.4 is 19.8 Å². The summed E-state index contributed by atoms with van der Waals surface area (Å²) < 4.78 is 44.4.